The van der Waals surface area contributed by atoms with E-state index in [0.29, 0.717) is 11.1 Å². The summed E-state index contributed by atoms with van der Waals surface area (Å²) in [6, 6.07) is 10.2. The van der Waals surface area contributed by atoms with E-state index in [2.05, 4.69) is 4.98 Å². The van der Waals surface area contributed by atoms with E-state index in [-0.39, 0.29) is 12.4 Å². The summed E-state index contributed by atoms with van der Waals surface area (Å²) in [4.78, 5) is 26.8. The smallest absolute Gasteiger partial charge is 0.338 e. The van der Waals surface area contributed by atoms with Crippen molar-refractivity contribution in [3.05, 3.63) is 65.5 Å². The summed E-state index contributed by atoms with van der Waals surface area (Å²) >= 11 is 0. The van der Waals surface area contributed by atoms with Gasteiger partial charge in [0.2, 0.25) is 0 Å². The molecule has 0 aliphatic heterocycles. The largest absolute Gasteiger partial charge is 0.457 e. The first-order valence-corrected chi connectivity index (χ1v) is 5.84. The van der Waals surface area contributed by atoms with Gasteiger partial charge in [0, 0.05) is 18.0 Å². The van der Waals surface area contributed by atoms with Crippen molar-refractivity contribution in [1.29, 1.82) is 0 Å². The van der Waals surface area contributed by atoms with Gasteiger partial charge in [-0.25, -0.2) is 4.79 Å². The number of ketones is 1. The zero-order valence-electron chi connectivity index (χ0n) is 10.5. The molecular weight excluding hydrogens is 242 g/mol. The molecule has 0 fully saturated rings. The van der Waals surface area contributed by atoms with E-state index in [1.807, 2.05) is 6.07 Å². The highest BCUT2D eigenvalue weighted by Crippen LogP contribution is 2.09. The Balaban J connectivity index is 2.01. The normalized spacial score (nSPS) is 9.95. The molecule has 0 unspecified atom stereocenters. The Morgan fingerprint density at radius 2 is 1.84 bits per heavy atom. The topological polar surface area (TPSA) is 56.3 Å². The molecule has 0 N–H and O–H groups in total. The number of carbonyl (C=O) groups excluding carboxylic acids is 2. The van der Waals surface area contributed by atoms with Gasteiger partial charge >= 0.3 is 5.97 Å². The lowest BCUT2D eigenvalue weighted by Crippen LogP contribution is -2.05. The maximum Gasteiger partial charge on any atom is 0.338 e. The maximum atomic E-state index is 11.7. The second-order valence-corrected chi connectivity index (χ2v) is 4.07. The van der Waals surface area contributed by atoms with Gasteiger partial charge in [-0.3, -0.25) is 9.78 Å². The number of aromatic nitrogens is 1. The molecule has 0 amide bonds. The molecule has 0 saturated carbocycles. The van der Waals surface area contributed by atoms with Crippen LogP contribution in [0.2, 0.25) is 0 Å². The zero-order valence-corrected chi connectivity index (χ0v) is 10.5. The number of hydrogen-bond acceptors (Lipinski definition) is 4. The Kier molecular flexibility index (Phi) is 4.03. The summed E-state index contributed by atoms with van der Waals surface area (Å²) in [5, 5.41) is 0. The van der Waals surface area contributed by atoms with Crippen molar-refractivity contribution in [2.24, 2.45) is 0 Å². The highest BCUT2D eigenvalue weighted by Gasteiger charge is 2.07. The molecule has 0 spiro atoms. The first kappa shape index (κ1) is 13.0. The molecule has 1 aromatic carbocycles. The minimum Gasteiger partial charge on any atom is -0.457 e. The minimum absolute atomic E-state index is 0.0117. The molecule has 1 heterocycles. The van der Waals surface area contributed by atoms with E-state index in [1.165, 1.54) is 19.3 Å². The molecule has 4 heteroatoms. The summed E-state index contributed by atoms with van der Waals surface area (Å²) in [6.07, 6.45) is 3.07. The molecule has 96 valence electrons. The predicted molar refractivity (Wildman–Crippen MR) is 69.8 cm³/mol. The van der Waals surface area contributed by atoms with Crippen LogP contribution in [0.5, 0.6) is 0 Å². The van der Waals surface area contributed by atoms with Crippen molar-refractivity contribution >= 4 is 11.8 Å². The summed E-state index contributed by atoms with van der Waals surface area (Å²) in [6.45, 7) is 1.64. The van der Waals surface area contributed by atoms with Crippen LogP contribution in [-0.4, -0.2) is 16.7 Å². The van der Waals surface area contributed by atoms with Crippen LogP contribution in [0.4, 0.5) is 0 Å². The number of hydrogen-bond donors (Lipinski definition) is 0. The predicted octanol–water partition coefficient (Wildman–Crippen LogP) is 2.64. The molecule has 2 rings (SSSR count). The highest BCUT2D eigenvalue weighted by molar-refractivity contribution is 5.94. The first-order chi connectivity index (χ1) is 9.16. The molecule has 1 aromatic heterocycles. The van der Waals surface area contributed by atoms with Crippen LogP contribution in [0.1, 0.15) is 33.2 Å². The summed E-state index contributed by atoms with van der Waals surface area (Å²) < 4.78 is 5.17. The fourth-order valence-electron chi connectivity index (χ4n) is 1.60. The van der Waals surface area contributed by atoms with E-state index >= 15 is 0 Å². The second-order valence-electron chi connectivity index (χ2n) is 4.07. The number of ether oxygens (including phenoxy) is 1. The van der Waals surface area contributed by atoms with Crippen molar-refractivity contribution in [2.45, 2.75) is 13.5 Å². The lowest BCUT2D eigenvalue weighted by Gasteiger charge is -2.05. The summed E-state index contributed by atoms with van der Waals surface area (Å²) in [5.41, 5.74) is 1.85. The number of carbonyl (C=O) groups is 2. The van der Waals surface area contributed by atoms with Gasteiger partial charge in [0.05, 0.1) is 5.56 Å². The zero-order chi connectivity index (χ0) is 13.7. The van der Waals surface area contributed by atoms with E-state index in [1.54, 1.807) is 30.3 Å². The molecular formula is C15H13NO3. The molecule has 4 nitrogen and oxygen atoms in total. The van der Waals surface area contributed by atoms with E-state index in [0.717, 1.165) is 5.56 Å². The Morgan fingerprint density at radius 1 is 1.11 bits per heavy atom. The quantitative estimate of drug-likeness (QED) is 0.622. The van der Waals surface area contributed by atoms with Gasteiger partial charge in [0.25, 0.3) is 0 Å². The molecule has 0 aliphatic rings. The van der Waals surface area contributed by atoms with Gasteiger partial charge in [0.15, 0.2) is 5.78 Å². The van der Waals surface area contributed by atoms with Crippen LogP contribution in [0.15, 0.2) is 48.8 Å². The maximum absolute atomic E-state index is 11.7. The van der Waals surface area contributed by atoms with Crippen LogP contribution in [-0.2, 0) is 11.3 Å². The van der Waals surface area contributed by atoms with Crippen LogP contribution in [0, 0.1) is 0 Å². The van der Waals surface area contributed by atoms with E-state index in [9.17, 15) is 9.59 Å². The number of esters is 1. The third-order valence-electron chi connectivity index (χ3n) is 2.62. The number of pyridine rings is 1. The Hall–Kier alpha value is -2.49. The molecule has 0 aliphatic carbocycles. The number of rotatable bonds is 4. The monoisotopic (exact) mass is 255 g/mol. The van der Waals surface area contributed by atoms with Gasteiger partial charge in [-0.2, -0.15) is 0 Å². The fourth-order valence-corrected chi connectivity index (χ4v) is 1.60. The minimum atomic E-state index is -0.407. The second kappa shape index (κ2) is 5.91. The molecule has 19 heavy (non-hydrogen) atoms. The van der Waals surface area contributed by atoms with Crippen LogP contribution in [0.3, 0.4) is 0 Å². The SMILES string of the molecule is CC(=O)c1cccc(COC(=O)c2ccncc2)c1. The number of Topliss-reactive ketones (excluding diaryl/α,β-unsaturated/α-hetero) is 1. The third kappa shape index (κ3) is 3.48. The molecule has 2 aromatic rings. The van der Waals surface area contributed by atoms with Crippen molar-refractivity contribution in [1.82, 2.24) is 4.98 Å². The van der Waals surface area contributed by atoms with Crippen molar-refractivity contribution in [2.75, 3.05) is 0 Å². The summed E-state index contributed by atoms with van der Waals surface area (Å²) in [7, 11) is 0. The molecule has 0 bridgehead atoms. The lowest BCUT2D eigenvalue weighted by atomic mass is 10.1. The first-order valence-electron chi connectivity index (χ1n) is 5.84. The van der Waals surface area contributed by atoms with Gasteiger partial charge < -0.3 is 4.74 Å². The van der Waals surface area contributed by atoms with E-state index < -0.39 is 5.97 Å². The fraction of sp³-hybridized carbons (Fsp3) is 0.133. The Labute approximate surface area is 111 Å². The van der Waals surface area contributed by atoms with E-state index in [4.69, 9.17) is 4.74 Å². The lowest BCUT2D eigenvalue weighted by molar-refractivity contribution is 0.0472. The Bertz CT molecular complexity index is 593. The summed E-state index contributed by atoms with van der Waals surface area (Å²) in [5.74, 6) is -0.419. The van der Waals surface area contributed by atoms with Crippen LogP contribution < -0.4 is 0 Å². The highest BCUT2D eigenvalue weighted by atomic mass is 16.5. The van der Waals surface area contributed by atoms with Gasteiger partial charge in [-0.05, 0) is 30.7 Å². The molecule has 0 saturated heterocycles. The Morgan fingerprint density at radius 3 is 2.53 bits per heavy atom. The van der Waals surface area contributed by atoms with Gasteiger partial charge in [-0.15, -0.1) is 0 Å². The van der Waals surface area contributed by atoms with Crippen molar-refractivity contribution in [3.63, 3.8) is 0 Å². The van der Waals surface area contributed by atoms with Crippen molar-refractivity contribution < 1.29 is 14.3 Å². The van der Waals surface area contributed by atoms with Gasteiger partial charge in [0.1, 0.15) is 6.61 Å². The average molecular weight is 255 g/mol. The standard InChI is InChI=1S/C15H13NO3/c1-11(17)14-4-2-3-12(9-14)10-19-15(18)13-5-7-16-8-6-13/h2-9H,10H2,1H3. The number of nitrogens with zero attached hydrogens (tertiary/aromatic N) is 1. The molecule has 0 atom stereocenters. The molecule has 0 radical (unpaired) electrons. The number of benzene rings is 1. The van der Waals surface area contributed by atoms with Crippen molar-refractivity contribution in [3.8, 4) is 0 Å². The average Bonchev–Trinajstić information content (AvgIpc) is 2.46. The van der Waals surface area contributed by atoms with Crippen LogP contribution in [0.25, 0.3) is 0 Å². The third-order valence-corrected chi connectivity index (χ3v) is 2.62. The van der Waals surface area contributed by atoms with Crippen LogP contribution >= 0.6 is 0 Å². The van der Waals surface area contributed by atoms with Gasteiger partial charge in [-0.1, -0.05) is 18.2 Å².